The molecule has 0 saturated heterocycles. The van der Waals surface area contributed by atoms with Crippen molar-refractivity contribution < 1.29 is 22.5 Å². The number of hydrogen-bond donors (Lipinski definition) is 2. The molecule has 100 valence electrons. The van der Waals surface area contributed by atoms with E-state index in [2.05, 4.69) is 5.32 Å². The van der Waals surface area contributed by atoms with Crippen LogP contribution in [-0.2, 0) is 23.6 Å². The molecule has 1 aromatic carbocycles. The Hall–Kier alpha value is -1.08. The molecule has 0 amide bonds. The molecule has 0 spiro atoms. The van der Waals surface area contributed by atoms with Gasteiger partial charge in [-0.1, -0.05) is 0 Å². The summed E-state index contributed by atoms with van der Waals surface area (Å²) in [6.45, 7) is 1.38. The third-order valence-electron chi connectivity index (χ3n) is 2.83. The van der Waals surface area contributed by atoms with Gasteiger partial charge in [0.05, 0.1) is 4.90 Å². The van der Waals surface area contributed by atoms with Gasteiger partial charge in [0.25, 0.3) is 0 Å². The van der Waals surface area contributed by atoms with Crippen LogP contribution in [0.3, 0.4) is 0 Å². The summed E-state index contributed by atoms with van der Waals surface area (Å²) in [7, 11) is -3.19. The molecule has 2 rings (SSSR count). The van der Waals surface area contributed by atoms with E-state index in [1.807, 2.05) is 0 Å². The SMILES string of the molecule is O=S(c1cc2c(cc1O)CCNCC2)C(F)(F)F. The van der Waals surface area contributed by atoms with Crippen LogP contribution in [0.2, 0.25) is 0 Å². The van der Waals surface area contributed by atoms with Crippen molar-refractivity contribution in [1.82, 2.24) is 5.32 Å². The molecule has 7 heteroatoms. The lowest BCUT2D eigenvalue weighted by atomic mass is 10.0. The second-order valence-corrected chi connectivity index (χ2v) is 5.49. The number of hydrogen-bond acceptors (Lipinski definition) is 3. The van der Waals surface area contributed by atoms with Crippen molar-refractivity contribution >= 4 is 10.8 Å². The highest BCUT2D eigenvalue weighted by molar-refractivity contribution is 7.86. The Morgan fingerprint density at radius 2 is 1.72 bits per heavy atom. The minimum atomic E-state index is -4.85. The van der Waals surface area contributed by atoms with Gasteiger partial charge in [-0.15, -0.1) is 0 Å². The van der Waals surface area contributed by atoms with Crippen LogP contribution in [0.15, 0.2) is 17.0 Å². The van der Waals surface area contributed by atoms with Crippen molar-refractivity contribution in [2.24, 2.45) is 0 Å². The molecule has 1 aliphatic rings. The van der Waals surface area contributed by atoms with E-state index < -0.39 is 27.0 Å². The second-order valence-electron chi connectivity index (χ2n) is 4.05. The highest BCUT2D eigenvalue weighted by atomic mass is 32.2. The molecule has 0 saturated carbocycles. The maximum atomic E-state index is 12.4. The molecular weight excluding hydrogens is 267 g/mol. The highest BCUT2D eigenvalue weighted by Crippen LogP contribution is 2.34. The molecule has 1 heterocycles. The maximum Gasteiger partial charge on any atom is 0.475 e. The summed E-state index contributed by atoms with van der Waals surface area (Å²) in [5, 5.41) is 12.7. The number of rotatable bonds is 1. The lowest BCUT2D eigenvalue weighted by Crippen LogP contribution is -2.17. The topological polar surface area (TPSA) is 49.3 Å². The predicted octanol–water partition coefficient (Wildman–Crippen LogP) is 1.71. The Morgan fingerprint density at radius 3 is 2.28 bits per heavy atom. The fourth-order valence-electron chi connectivity index (χ4n) is 1.96. The Bertz CT molecular complexity index is 488. The number of halogens is 3. The van der Waals surface area contributed by atoms with Crippen LogP contribution in [-0.4, -0.2) is 27.9 Å². The third kappa shape index (κ3) is 2.67. The lowest BCUT2D eigenvalue weighted by Gasteiger charge is -2.12. The zero-order chi connectivity index (χ0) is 13.3. The molecule has 1 atom stereocenters. The average molecular weight is 279 g/mol. The zero-order valence-corrected chi connectivity index (χ0v) is 10.2. The number of fused-ring (bicyclic) bond motifs is 1. The molecule has 18 heavy (non-hydrogen) atoms. The van der Waals surface area contributed by atoms with Gasteiger partial charge in [-0.2, -0.15) is 13.2 Å². The maximum absolute atomic E-state index is 12.4. The van der Waals surface area contributed by atoms with Gasteiger partial charge >= 0.3 is 5.51 Å². The van der Waals surface area contributed by atoms with E-state index >= 15 is 0 Å². The van der Waals surface area contributed by atoms with Crippen LogP contribution in [0.25, 0.3) is 0 Å². The fourth-order valence-corrected chi connectivity index (χ4v) is 2.71. The number of nitrogens with one attached hydrogen (secondary N) is 1. The van der Waals surface area contributed by atoms with Gasteiger partial charge in [-0.3, -0.25) is 0 Å². The number of aromatic hydroxyl groups is 1. The first-order valence-corrected chi connectivity index (χ1v) is 6.58. The summed E-state index contributed by atoms with van der Waals surface area (Å²) in [6.07, 6.45) is 1.21. The van der Waals surface area contributed by atoms with Crippen molar-refractivity contribution in [3.8, 4) is 5.75 Å². The van der Waals surface area contributed by atoms with Crippen LogP contribution < -0.4 is 5.32 Å². The Balaban J connectivity index is 2.44. The van der Waals surface area contributed by atoms with Crippen LogP contribution >= 0.6 is 0 Å². The Kier molecular flexibility index (Phi) is 3.63. The molecule has 3 nitrogen and oxygen atoms in total. The van der Waals surface area contributed by atoms with Gasteiger partial charge in [0, 0.05) is 0 Å². The van der Waals surface area contributed by atoms with Gasteiger partial charge in [0.15, 0.2) is 10.8 Å². The quantitative estimate of drug-likeness (QED) is 0.823. The van der Waals surface area contributed by atoms with Crippen LogP contribution in [0, 0.1) is 0 Å². The number of benzene rings is 1. The van der Waals surface area contributed by atoms with Gasteiger partial charge in [-0.05, 0) is 49.2 Å². The Morgan fingerprint density at radius 1 is 1.17 bits per heavy atom. The Labute approximate surface area is 104 Å². The standard InChI is InChI=1S/C11H12F3NO2S/c12-11(13,14)18(17)10-6-8-2-4-15-3-1-7(8)5-9(10)16/h5-6,15-16H,1-4H2. The third-order valence-corrected chi connectivity index (χ3v) is 3.98. The molecule has 0 fully saturated rings. The number of phenols is 1. The average Bonchev–Trinajstić information content (AvgIpc) is 2.50. The van der Waals surface area contributed by atoms with Crippen LogP contribution in [0.4, 0.5) is 13.2 Å². The molecule has 1 aromatic rings. The van der Waals surface area contributed by atoms with Gasteiger partial charge in [0.1, 0.15) is 5.75 Å². The number of phenolic OH excluding ortho intramolecular Hbond substituents is 1. The first-order chi connectivity index (χ1) is 8.39. The molecule has 0 bridgehead atoms. The van der Waals surface area contributed by atoms with Gasteiger partial charge in [-0.25, -0.2) is 4.21 Å². The zero-order valence-electron chi connectivity index (χ0n) is 9.38. The second kappa shape index (κ2) is 4.89. The van der Waals surface area contributed by atoms with Crippen molar-refractivity contribution in [3.05, 3.63) is 23.3 Å². The largest absolute Gasteiger partial charge is 0.507 e. The summed E-state index contributed by atoms with van der Waals surface area (Å²) >= 11 is 0. The van der Waals surface area contributed by atoms with E-state index in [1.165, 1.54) is 12.1 Å². The van der Waals surface area contributed by atoms with E-state index in [0.717, 1.165) is 5.56 Å². The minimum absolute atomic E-state index is 0.550. The van der Waals surface area contributed by atoms with E-state index in [0.29, 0.717) is 31.5 Å². The highest BCUT2D eigenvalue weighted by Gasteiger charge is 2.39. The summed E-state index contributed by atoms with van der Waals surface area (Å²) in [5.41, 5.74) is -3.33. The van der Waals surface area contributed by atoms with E-state index in [1.54, 1.807) is 0 Å². The number of alkyl halides is 3. The van der Waals surface area contributed by atoms with Crippen molar-refractivity contribution in [1.29, 1.82) is 0 Å². The minimum Gasteiger partial charge on any atom is -0.507 e. The van der Waals surface area contributed by atoms with E-state index in [-0.39, 0.29) is 0 Å². The van der Waals surface area contributed by atoms with E-state index in [4.69, 9.17) is 0 Å². The molecule has 0 radical (unpaired) electrons. The summed E-state index contributed by atoms with van der Waals surface area (Å²) in [6, 6.07) is 2.50. The van der Waals surface area contributed by atoms with Crippen LogP contribution in [0.5, 0.6) is 5.75 Å². The smallest absolute Gasteiger partial charge is 0.475 e. The molecule has 1 unspecified atom stereocenters. The van der Waals surface area contributed by atoms with Crippen molar-refractivity contribution in [2.45, 2.75) is 23.2 Å². The van der Waals surface area contributed by atoms with Gasteiger partial charge < -0.3 is 10.4 Å². The molecule has 0 aromatic heterocycles. The van der Waals surface area contributed by atoms with E-state index in [9.17, 15) is 22.5 Å². The first kappa shape index (κ1) is 13.4. The summed E-state index contributed by atoms with van der Waals surface area (Å²) in [4.78, 5) is -0.553. The van der Waals surface area contributed by atoms with Gasteiger partial charge in [0.2, 0.25) is 0 Å². The van der Waals surface area contributed by atoms with Crippen molar-refractivity contribution in [2.75, 3.05) is 13.1 Å². The fraction of sp³-hybridized carbons (Fsp3) is 0.455. The molecular formula is C11H12F3NO2S. The molecule has 2 N–H and O–H groups in total. The summed E-state index contributed by atoms with van der Waals surface area (Å²) in [5.74, 6) is -0.550. The van der Waals surface area contributed by atoms with Crippen LogP contribution in [0.1, 0.15) is 11.1 Å². The first-order valence-electron chi connectivity index (χ1n) is 5.43. The predicted molar refractivity (Wildman–Crippen MR) is 60.8 cm³/mol. The molecule has 0 aliphatic carbocycles. The summed E-state index contributed by atoms with van der Waals surface area (Å²) < 4.78 is 48.5. The molecule has 1 aliphatic heterocycles. The normalized spacial score (nSPS) is 17.9. The lowest BCUT2D eigenvalue weighted by molar-refractivity contribution is -0.0385. The van der Waals surface area contributed by atoms with Crippen molar-refractivity contribution in [3.63, 3.8) is 0 Å². The monoisotopic (exact) mass is 279 g/mol.